The third-order valence-electron chi connectivity index (χ3n) is 5.57. The van der Waals surface area contributed by atoms with Crippen LogP contribution in [0.25, 0.3) is 0 Å². The van der Waals surface area contributed by atoms with E-state index in [1.807, 2.05) is 41.3 Å². The lowest BCUT2D eigenvalue weighted by atomic mass is 9.87. The maximum atomic E-state index is 13.2. The lowest BCUT2D eigenvalue weighted by Crippen LogP contribution is -2.58. The molecule has 2 aromatic carbocycles. The van der Waals surface area contributed by atoms with E-state index in [0.29, 0.717) is 22.7 Å². The minimum absolute atomic E-state index is 0.184. The van der Waals surface area contributed by atoms with Gasteiger partial charge in [0.2, 0.25) is 11.9 Å². The van der Waals surface area contributed by atoms with Crippen molar-refractivity contribution in [3.8, 4) is 5.75 Å². The number of anilines is 2. The fourth-order valence-corrected chi connectivity index (χ4v) is 4.23. The van der Waals surface area contributed by atoms with Crippen LogP contribution in [-0.2, 0) is 0 Å². The second kappa shape index (κ2) is 8.06. The highest BCUT2D eigenvalue weighted by Gasteiger charge is 2.43. The number of hydrogen-bond acceptors (Lipinski definition) is 7. The smallest absolute Gasteiger partial charge is 0.257 e. The minimum atomic E-state index is -0.611. The van der Waals surface area contributed by atoms with Crippen LogP contribution in [0.4, 0.5) is 11.4 Å². The molecule has 1 heterocycles. The molecule has 0 aromatic heterocycles. The van der Waals surface area contributed by atoms with Gasteiger partial charge in [-0.3, -0.25) is 9.69 Å². The number of carbonyl (C=O) groups is 1. The monoisotopic (exact) mass is 406 g/mol. The minimum Gasteiger partial charge on any atom is -0.497 e. The highest BCUT2D eigenvalue weighted by Crippen LogP contribution is 2.40. The van der Waals surface area contributed by atoms with Crippen molar-refractivity contribution >= 4 is 29.2 Å². The average molecular weight is 406 g/mol. The lowest BCUT2D eigenvalue weighted by molar-refractivity contribution is 0.102. The van der Waals surface area contributed by atoms with Crippen LogP contribution in [0.5, 0.6) is 5.75 Å². The van der Waals surface area contributed by atoms with Gasteiger partial charge in [0.25, 0.3) is 5.91 Å². The number of amides is 1. The summed E-state index contributed by atoms with van der Waals surface area (Å²) in [6.07, 6.45) is 4.77. The Morgan fingerprint density at radius 1 is 1.10 bits per heavy atom. The van der Waals surface area contributed by atoms with Crippen molar-refractivity contribution in [2.45, 2.75) is 37.8 Å². The Balaban J connectivity index is 1.71. The highest BCUT2D eigenvalue weighted by atomic mass is 16.5. The molecule has 0 atom stereocenters. The topological polar surface area (TPSA) is 118 Å². The Morgan fingerprint density at radius 3 is 2.63 bits per heavy atom. The molecule has 0 saturated heterocycles. The molecule has 0 unspecified atom stereocenters. The van der Waals surface area contributed by atoms with Crippen molar-refractivity contribution in [1.29, 1.82) is 0 Å². The van der Waals surface area contributed by atoms with Gasteiger partial charge < -0.3 is 21.5 Å². The summed E-state index contributed by atoms with van der Waals surface area (Å²) in [5, 5.41) is 2.94. The normalized spacial score (nSPS) is 17.8. The Labute approximate surface area is 175 Å². The Kier molecular flexibility index (Phi) is 5.31. The van der Waals surface area contributed by atoms with Crippen molar-refractivity contribution in [2.75, 3.05) is 17.3 Å². The highest BCUT2D eigenvalue weighted by molar-refractivity contribution is 6.13. The van der Waals surface area contributed by atoms with E-state index in [-0.39, 0.29) is 17.8 Å². The zero-order valence-electron chi connectivity index (χ0n) is 17.0. The molecule has 156 valence electrons. The second-order valence-electron chi connectivity index (χ2n) is 7.52. The number of carbonyl (C=O) groups excluding carboxylic acids is 1. The first kappa shape index (κ1) is 19.8. The van der Waals surface area contributed by atoms with Gasteiger partial charge in [0.15, 0.2) is 0 Å². The first-order valence-electron chi connectivity index (χ1n) is 10.1. The maximum absolute atomic E-state index is 13.2. The summed E-state index contributed by atoms with van der Waals surface area (Å²) >= 11 is 0. The fraction of sp³-hybridized carbons (Fsp3) is 0.318. The molecule has 2 aliphatic rings. The number of aliphatic imine (C=N–C) groups is 2. The summed E-state index contributed by atoms with van der Waals surface area (Å²) < 4.78 is 5.24. The number of nitrogens with one attached hydrogen (secondary N) is 1. The third-order valence-corrected chi connectivity index (χ3v) is 5.57. The van der Waals surface area contributed by atoms with Gasteiger partial charge in [0.05, 0.1) is 18.4 Å². The van der Waals surface area contributed by atoms with Crippen LogP contribution in [0, 0.1) is 0 Å². The van der Waals surface area contributed by atoms with E-state index in [1.54, 1.807) is 19.2 Å². The number of guanidine groups is 2. The number of nitrogens with two attached hydrogens (primary N) is 2. The molecular weight excluding hydrogens is 380 g/mol. The van der Waals surface area contributed by atoms with Crippen LogP contribution in [0.15, 0.2) is 58.5 Å². The van der Waals surface area contributed by atoms with Gasteiger partial charge in [0, 0.05) is 11.8 Å². The molecule has 1 spiro atoms. The van der Waals surface area contributed by atoms with Gasteiger partial charge >= 0.3 is 0 Å². The van der Waals surface area contributed by atoms with E-state index in [9.17, 15) is 4.79 Å². The first-order valence-corrected chi connectivity index (χ1v) is 10.1. The molecule has 0 radical (unpaired) electrons. The summed E-state index contributed by atoms with van der Waals surface area (Å²) in [4.78, 5) is 24.0. The van der Waals surface area contributed by atoms with Gasteiger partial charge in [-0.25, -0.2) is 4.99 Å². The largest absolute Gasteiger partial charge is 0.497 e. The molecule has 8 heteroatoms. The van der Waals surface area contributed by atoms with Crippen molar-refractivity contribution in [3.63, 3.8) is 0 Å². The summed E-state index contributed by atoms with van der Waals surface area (Å²) in [7, 11) is 1.59. The van der Waals surface area contributed by atoms with E-state index < -0.39 is 5.66 Å². The number of rotatable bonds is 4. The van der Waals surface area contributed by atoms with E-state index in [4.69, 9.17) is 21.2 Å². The van der Waals surface area contributed by atoms with Crippen LogP contribution in [-0.4, -0.2) is 30.6 Å². The predicted octanol–water partition coefficient (Wildman–Crippen LogP) is 3.06. The van der Waals surface area contributed by atoms with E-state index in [0.717, 1.165) is 32.1 Å². The van der Waals surface area contributed by atoms with Gasteiger partial charge in [-0.05, 0) is 49.9 Å². The van der Waals surface area contributed by atoms with Gasteiger partial charge in [-0.2, -0.15) is 4.99 Å². The van der Waals surface area contributed by atoms with Crippen molar-refractivity contribution < 1.29 is 9.53 Å². The quantitative estimate of drug-likeness (QED) is 0.721. The van der Waals surface area contributed by atoms with E-state index in [1.165, 1.54) is 0 Å². The van der Waals surface area contributed by atoms with Gasteiger partial charge in [-0.15, -0.1) is 0 Å². The molecular formula is C22H26N6O2. The SMILES string of the molecule is COc1cccc(NC(=O)c2ccccc2N2C(N)=NC(N)=NC23CCCCC3)c1. The maximum Gasteiger partial charge on any atom is 0.257 e. The van der Waals surface area contributed by atoms with Gasteiger partial charge in [-0.1, -0.05) is 24.6 Å². The zero-order valence-corrected chi connectivity index (χ0v) is 17.0. The number of nitrogens with zero attached hydrogens (tertiary/aromatic N) is 3. The predicted molar refractivity (Wildman–Crippen MR) is 119 cm³/mol. The molecule has 4 rings (SSSR count). The molecule has 8 nitrogen and oxygen atoms in total. The summed E-state index contributed by atoms with van der Waals surface area (Å²) in [6, 6.07) is 14.6. The van der Waals surface area contributed by atoms with Crippen LogP contribution in [0.3, 0.4) is 0 Å². The third kappa shape index (κ3) is 3.68. The van der Waals surface area contributed by atoms with Gasteiger partial charge in [0.1, 0.15) is 11.4 Å². The van der Waals surface area contributed by atoms with E-state index in [2.05, 4.69) is 10.3 Å². The average Bonchev–Trinajstić information content (AvgIpc) is 2.74. The molecule has 5 N–H and O–H groups in total. The summed E-state index contributed by atoms with van der Waals surface area (Å²) in [5.74, 6) is 0.856. The fourth-order valence-electron chi connectivity index (χ4n) is 4.23. The van der Waals surface area contributed by atoms with Crippen molar-refractivity contribution in [3.05, 3.63) is 54.1 Å². The number of benzene rings is 2. The number of methoxy groups -OCH3 is 1. The Hall–Kier alpha value is -3.55. The molecule has 30 heavy (non-hydrogen) atoms. The molecule has 1 aliphatic carbocycles. The van der Waals surface area contributed by atoms with Crippen LogP contribution in [0.1, 0.15) is 42.5 Å². The number of ether oxygens (including phenoxy) is 1. The van der Waals surface area contributed by atoms with E-state index >= 15 is 0 Å². The van der Waals surface area contributed by atoms with Crippen LogP contribution >= 0.6 is 0 Å². The molecule has 1 amide bonds. The van der Waals surface area contributed by atoms with Crippen LogP contribution in [0.2, 0.25) is 0 Å². The molecule has 1 saturated carbocycles. The summed E-state index contributed by atoms with van der Waals surface area (Å²) in [5.41, 5.74) is 13.5. The molecule has 1 fully saturated rings. The summed E-state index contributed by atoms with van der Waals surface area (Å²) in [6.45, 7) is 0. The van der Waals surface area contributed by atoms with Crippen LogP contribution < -0.4 is 26.4 Å². The lowest BCUT2D eigenvalue weighted by Gasteiger charge is -2.46. The van der Waals surface area contributed by atoms with Crippen molar-refractivity contribution in [1.82, 2.24) is 0 Å². The Morgan fingerprint density at radius 2 is 1.87 bits per heavy atom. The molecule has 2 aromatic rings. The Bertz CT molecular complexity index is 1010. The van der Waals surface area contributed by atoms with Crippen molar-refractivity contribution in [2.24, 2.45) is 21.5 Å². The number of para-hydroxylation sites is 1. The molecule has 0 bridgehead atoms. The first-order chi connectivity index (χ1) is 14.5. The zero-order chi connectivity index (χ0) is 21.1. The number of hydrogen-bond donors (Lipinski definition) is 3. The molecule has 1 aliphatic heterocycles. The standard InChI is InChI=1S/C22H26N6O2/c1-30-16-9-7-8-15(14-16)25-19(29)17-10-3-4-11-18(17)28-21(24)26-20(23)27-22(28)12-5-2-6-13-22/h3-4,7-11,14H,2,5-6,12-13H2,1H3,(H,25,29)(H4,23,24,26,27). The second-order valence-corrected chi connectivity index (χ2v) is 7.52.